The molecule has 182 valence electrons. The highest BCUT2D eigenvalue weighted by molar-refractivity contribution is 7.98. The molecule has 0 aliphatic carbocycles. The maximum absolute atomic E-state index is 13.7. The average molecular weight is 537 g/mol. The van der Waals surface area contributed by atoms with Crippen molar-refractivity contribution in [1.82, 2.24) is 4.57 Å². The molecular weight excluding hydrogens is 516 g/mol. The number of esters is 1. The van der Waals surface area contributed by atoms with Gasteiger partial charge in [0.15, 0.2) is 4.80 Å². The van der Waals surface area contributed by atoms with E-state index in [1.54, 1.807) is 41.5 Å². The van der Waals surface area contributed by atoms with E-state index in [0.29, 0.717) is 37.1 Å². The molecule has 5 rings (SSSR count). The monoisotopic (exact) mass is 536 g/mol. The van der Waals surface area contributed by atoms with Gasteiger partial charge in [-0.15, -0.1) is 11.8 Å². The fraction of sp³-hybridized carbons (Fsp3) is 0.148. The van der Waals surface area contributed by atoms with Gasteiger partial charge in [0, 0.05) is 16.5 Å². The molecule has 1 aliphatic heterocycles. The second kappa shape index (κ2) is 9.97. The smallest absolute Gasteiger partial charge is 0.338 e. The molecule has 36 heavy (non-hydrogen) atoms. The minimum absolute atomic E-state index is 0.262. The van der Waals surface area contributed by atoms with Crippen molar-refractivity contribution in [3.8, 4) is 11.3 Å². The van der Waals surface area contributed by atoms with Gasteiger partial charge in [-0.3, -0.25) is 9.36 Å². The lowest BCUT2D eigenvalue weighted by Crippen LogP contribution is -2.39. The number of carbonyl (C=O) groups is 1. The van der Waals surface area contributed by atoms with Crippen molar-refractivity contribution < 1.29 is 13.9 Å². The van der Waals surface area contributed by atoms with Crippen molar-refractivity contribution in [3.63, 3.8) is 0 Å². The van der Waals surface area contributed by atoms with Gasteiger partial charge in [-0.1, -0.05) is 47.2 Å². The number of halogens is 1. The zero-order valence-corrected chi connectivity index (χ0v) is 22.0. The molecule has 0 radical (unpaired) electrons. The molecule has 0 saturated carbocycles. The molecule has 0 N–H and O–H groups in total. The number of nitrogens with zero attached hydrogens (tertiary/aromatic N) is 2. The molecule has 2 aromatic heterocycles. The van der Waals surface area contributed by atoms with Crippen LogP contribution in [-0.2, 0) is 9.53 Å². The number of hydrogen-bond donors (Lipinski definition) is 0. The number of carbonyl (C=O) groups excluding carboxylic acids is 1. The minimum atomic E-state index is -0.651. The first-order chi connectivity index (χ1) is 17.4. The summed E-state index contributed by atoms with van der Waals surface area (Å²) in [5, 5.41) is 0.580. The molecule has 6 nitrogen and oxygen atoms in total. The van der Waals surface area contributed by atoms with Crippen LogP contribution >= 0.6 is 34.7 Å². The van der Waals surface area contributed by atoms with E-state index in [1.807, 2.05) is 54.8 Å². The Kier molecular flexibility index (Phi) is 6.75. The number of thiazole rings is 1. The van der Waals surface area contributed by atoms with Gasteiger partial charge in [-0.05, 0) is 55.1 Å². The maximum atomic E-state index is 13.7. The van der Waals surface area contributed by atoms with Crippen LogP contribution < -0.4 is 14.9 Å². The number of hydrogen-bond acceptors (Lipinski definition) is 7. The Bertz CT molecular complexity index is 1680. The zero-order valence-electron chi connectivity index (χ0n) is 19.7. The SMILES string of the molecule is COC(=O)C1=C(C)N=c2s/c(=C\c3ccc(-c4ccccc4Cl)o3)c(=O)n2C1c1ccc(SC)cc1. The van der Waals surface area contributed by atoms with Gasteiger partial charge in [-0.25, -0.2) is 9.79 Å². The fourth-order valence-electron chi connectivity index (χ4n) is 4.16. The standard InChI is InChI=1S/C27H21ClN2O4S2/c1-15-23(26(32)33-2)24(16-8-11-18(35-3)12-9-16)30-25(31)22(36-27(30)29-15)14-17-10-13-21(34-17)19-6-4-5-7-20(19)28/h4-14,24H,1-3H3/b22-14-. The van der Waals surface area contributed by atoms with Gasteiger partial charge >= 0.3 is 5.97 Å². The van der Waals surface area contributed by atoms with Crippen LogP contribution in [0.3, 0.4) is 0 Å². The summed E-state index contributed by atoms with van der Waals surface area (Å²) >= 11 is 9.17. The number of ether oxygens (including phenoxy) is 1. The van der Waals surface area contributed by atoms with Crippen LogP contribution in [0, 0.1) is 0 Å². The number of benzene rings is 2. The molecule has 0 fully saturated rings. The lowest BCUT2D eigenvalue weighted by Gasteiger charge is -2.24. The van der Waals surface area contributed by atoms with Gasteiger partial charge in [0.1, 0.15) is 11.5 Å². The van der Waals surface area contributed by atoms with Crippen molar-refractivity contribution in [2.45, 2.75) is 17.9 Å². The third-order valence-corrected chi connectivity index (χ3v) is 7.95. The molecular formula is C27H21ClN2O4S2. The number of allylic oxidation sites excluding steroid dienone is 1. The summed E-state index contributed by atoms with van der Waals surface area (Å²) < 4.78 is 13.0. The Labute approximate surface area is 220 Å². The van der Waals surface area contributed by atoms with E-state index in [4.69, 9.17) is 20.8 Å². The first-order valence-electron chi connectivity index (χ1n) is 11.0. The summed E-state index contributed by atoms with van der Waals surface area (Å²) in [5.41, 5.74) is 2.17. The molecule has 1 atom stereocenters. The number of fused-ring (bicyclic) bond motifs is 1. The third kappa shape index (κ3) is 4.36. The number of furan rings is 1. The Balaban J connectivity index is 1.65. The quantitative estimate of drug-likeness (QED) is 0.264. The summed E-state index contributed by atoms with van der Waals surface area (Å²) in [6.07, 6.45) is 3.68. The maximum Gasteiger partial charge on any atom is 0.338 e. The highest BCUT2D eigenvalue weighted by atomic mass is 35.5. The van der Waals surface area contributed by atoms with Gasteiger partial charge in [-0.2, -0.15) is 0 Å². The molecule has 0 bridgehead atoms. The van der Waals surface area contributed by atoms with Crippen molar-refractivity contribution >= 4 is 46.7 Å². The van der Waals surface area contributed by atoms with Gasteiger partial charge in [0.25, 0.3) is 5.56 Å². The fourth-order valence-corrected chi connectivity index (χ4v) is 5.82. The van der Waals surface area contributed by atoms with Crippen molar-refractivity contribution in [3.05, 3.63) is 108 Å². The first-order valence-corrected chi connectivity index (χ1v) is 13.4. The lowest BCUT2D eigenvalue weighted by molar-refractivity contribution is -0.136. The molecule has 9 heteroatoms. The summed E-state index contributed by atoms with van der Waals surface area (Å²) in [6, 6.07) is 18.2. The van der Waals surface area contributed by atoms with Crippen LogP contribution in [0.1, 0.15) is 24.3 Å². The largest absolute Gasteiger partial charge is 0.466 e. The van der Waals surface area contributed by atoms with Crippen molar-refractivity contribution in [1.29, 1.82) is 0 Å². The third-order valence-electron chi connectivity index (χ3n) is 5.90. The molecule has 1 unspecified atom stereocenters. The number of thioether (sulfide) groups is 1. The van der Waals surface area contributed by atoms with E-state index in [-0.39, 0.29) is 5.56 Å². The highest BCUT2D eigenvalue weighted by Crippen LogP contribution is 2.32. The molecule has 2 aromatic carbocycles. The van der Waals surface area contributed by atoms with Crippen LogP contribution in [0.5, 0.6) is 0 Å². The molecule has 1 aliphatic rings. The summed E-state index contributed by atoms with van der Waals surface area (Å²) in [7, 11) is 1.33. The summed E-state index contributed by atoms with van der Waals surface area (Å²) in [6.45, 7) is 1.76. The predicted octanol–water partition coefficient (Wildman–Crippen LogP) is 5.04. The van der Waals surface area contributed by atoms with E-state index in [2.05, 4.69) is 4.99 Å². The Hall–Kier alpha value is -3.33. The molecule has 0 amide bonds. The average Bonchev–Trinajstić information content (AvgIpc) is 3.47. The Morgan fingerprint density at radius 2 is 1.92 bits per heavy atom. The normalized spacial score (nSPS) is 15.6. The zero-order chi connectivity index (χ0) is 25.4. The first kappa shape index (κ1) is 24.4. The predicted molar refractivity (Wildman–Crippen MR) is 143 cm³/mol. The molecule has 3 heterocycles. The van der Waals surface area contributed by atoms with E-state index >= 15 is 0 Å². The van der Waals surface area contributed by atoms with Gasteiger partial charge in [0.2, 0.25) is 0 Å². The van der Waals surface area contributed by atoms with Crippen LogP contribution in [0.25, 0.3) is 17.4 Å². The Morgan fingerprint density at radius 3 is 2.61 bits per heavy atom. The van der Waals surface area contributed by atoms with Gasteiger partial charge in [0.05, 0.1) is 34.0 Å². The van der Waals surface area contributed by atoms with Gasteiger partial charge < -0.3 is 9.15 Å². The molecule has 0 saturated heterocycles. The van der Waals surface area contributed by atoms with E-state index in [0.717, 1.165) is 16.0 Å². The van der Waals surface area contributed by atoms with E-state index in [9.17, 15) is 9.59 Å². The highest BCUT2D eigenvalue weighted by Gasteiger charge is 2.33. The molecule has 0 spiro atoms. The second-order valence-corrected chi connectivity index (χ2v) is 10.3. The number of rotatable bonds is 5. The Morgan fingerprint density at radius 1 is 1.17 bits per heavy atom. The molecule has 4 aromatic rings. The number of aromatic nitrogens is 1. The van der Waals surface area contributed by atoms with Crippen LogP contribution in [0.2, 0.25) is 5.02 Å². The van der Waals surface area contributed by atoms with Crippen LogP contribution in [-0.4, -0.2) is 23.9 Å². The van der Waals surface area contributed by atoms with Crippen molar-refractivity contribution in [2.24, 2.45) is 4.99 Å². The van der Waals surface area contributed by atoms with E-state index < -0.39 is 12.0 Å². The van der Waals surface area contributed by atoms with E-state index in [1.165, 1.54) is 18.4 Å². The summed E-state index contributed by atoms with van der Waals surface area (Å²) in [4.78, 5) is 32.6. The van der Waals surface area contributed by atoms with Crippen LogP contribution in [0.15, 0.2) is 91.0 Å². The summed E-state index contributed by atoms with van der Waals surface area (Å²) in [5.74, 6) is 0.607. The van der Waals surface area contributed by atoms with Crippen molar-refractivity contribution in [2.75, 3.05) is 13.4 Å². The minimum Gasteiger partial charge on any atom is -0.466 e. The second-order valence-electron chi connectivity index (χ2n) is 8.03. The topological polar surface area (TPSA) is 73.8 Å². The lowest BCUT2D eigenvalue weighted by atomic mass is 9.96. The number of methoxy groups -OCH3 is 1. The van der Waals surface area contributed by atoms with Crippen LogP contribution in [0.4, 0.5) is 0 Å².